The molecule has 2 aromatic rings. The van der Waals surface area contributed by atoms with E-state index in [0.29, 0.717) is 23.9 Å². The molecule has 5 heteroatoms. The zero-order valence-corrected chi connectivity index (χ0v) is 14.6. The van der Waals surface area contributed by atoms with Crippen LogP contribution in [-0.2, 0) is 17.8 Å². The lowest BCUT2D eigenvalue weighted by Crippen LogP contribution is -2.34. The first-order valence-electron chi connectivity index (χ1n) is 8.44. The van der Waals surface area contributed by atoms with Crippen LogP contribution in [0, 0.1) is 0 Å². The fourth-order valence-electron chi connectivity index (χ4n) is 2.89. The van der Waals surface area contributed by atoms with Gasteiger partial charge in [0, 0.05) is 36.1 Å². The van der Waals surface area contributed by atoms with Crippen LogP contribution in [0.3, 0.4) is 0 Å². The molecule has 0 radical (unpaired) electrons. The van der Waals surface area contributed by atoms with Gasteiger partial charge in [-0.05, 0) is 55.7 Å². The summed E-state index contributed by atoms with van der Waals surface area (Å²) in [6, 6.07) is 9.41. The van der Waals surface area contributed by atoms with Gasteiger partial charge in [-0.15, -0.1) is 0 Å². The van der Waals surface area contributed by atoms with Gasteiger partial charge in [0.25, 0.3) is 0 Å². The topological polar surface area (TPSA) is 59.5 Å². The third kappa shape index (κ3) is 4.24. The molecule has 1 saturated carbocycles. The van der Waals surface area contributed by atoms with E-state index in [4.69, 9.17) is 4.74 Å². The van der Waals surface area contributed by atoms with Crippen molar-refractivity contribution in [2.75, 3.05) is 7.11 Å². The van der Waals surface area contributed by atoms with E-state index < -0.39 is 0 Å². The second-order valence-corrected chi connectivity index (χ2v) is 6.37. The molecule has 130 valence electrons. The van der Waals surface area contributed by atoms with Gasteiger partial charge in [-0.1, -0.05) is 0 Å². The van der Waals surface area contributed by atoms with Crippen LogP contribution in [0.4, 0.5) is 0 Å². The molecule has 0 saturated heterocycles. The molecule has 0 unspecified atom stereocenters. The summed E-state index contributed by atoms with van der Waals surface area (Å²) in [6.07, 6.45) is 5.79. The van der Waals surface area contributed by atoms with Crippen molar-refractivity contribution in [1.82, 2.24) is 9.88 Å². The van der Waals surface area contributed by atoms with E-state index >= 15 is 0 Å². The predicted octanol–water partition coefficient (Wildman–Crippen LogP) is 3.03. The van der Waals surface area contributed by atoms with Gasteiger partial charge in [-0.3, -0.25) is 14.6 Å². The predicted molar refractivity (Wildman–Crippen MR) is 94.5 cm³/mol. The van der Waals surface area contributed by atoms with Crippen LogP contribution in [0.15, 0.2) is 42.7 Å². The number of hydrogen-bond donors (Lipinski definition) is 0. The number of nitrogens with zero attached hydrogens (tertiary/aromatic N) is 2. The fraction of sp³-hybridized carbons (Fsp3) is 0.350. The number of methoxy groups -OCH3 is 1. The van der Waals surface area contributed by atoms with Crippen LogP contribution in [0.5, 0.6) is 5.75 Å². The highest BCUT2D eigenvalue weighted by molar-refractivity contribution is 5.94. The monoisotopic (exact) mass is 338 g/mol. The molecule has 5 nitrogen and oxygen atoms in total. The van der Waals surface area contributed by atoms with Crippen molar-refractivity contribution in [3.05, 3.63) is 59.4 Å². The van der Waals surface area contributed by atoms with E-state index in [1.165, 1.54) is 6.92 Å². The zero-order valence-electron chi connectivity index (χ0n) is 14.6. The van der Waals surface area contributed by atoms with Crippen molar-refractivity contribution in [2.45, 2.75) is 38.8 Å². The normalized spacial score (nSPS) is 13.4. The maximum Gasteiger partial charge on any atom is 0.227 e. The summed E-state index contributed by atoms with van der Waals surface area (Å²) in [7, 11) is 1.58. The molecule has 0 spiro atoms. The number of carbonyl (C=O) groups excluding carboxylic acids is 2. The van der Waals surface area contributed by atoms with E-state index in [9.17, 15) is 9.59 Å². The standard InChI is InChI=1S/C20H22N2O3/c1-14(23)16-3-6-19(25-2)17(11-16)12-20(24)22(18-4-5-18)13-15-7-9-21-10-8-15/h3,6-11,18H,4-5,12-13H2,1-2H3. The van der Waals surface area contributed by atoms with E-state index in [2.05, 4.69) is 4.98 Å². The van der Waals surface area contributed by atoms with Crippen LogP contribution >= 0.6 is 0 Å². The van der Waals surface area contributed by atoms with Gasteiger partial charge in [0.2, 0.25) is 5.91 Å². The average molecular weight is 338 g/mol. The minimum atomic E-state index is -0.0211. The number of amides is 1. The van der Waals surface area contributed by atoms with Crippen LogP contribution in [0.2, 0.25) is 0 Å². The minimum Gasteiger partial charge on any atom is -0.496 e. The minimum absolute atomic E-state index is 0.0211. The molecule has 1 aliphatic rings. The Hall–Kier alpha value is -2.69. The molecular weight excluding hydrogens is 316 g/mol. The molecule has 0 N–H and O–H groups in total. The Morgan fingerprint density at radius 3 is 2.52 bits per heavy atom. The highest BCUT2D eigenvalue weighted by atomic mass is 16.5. The Balaban J connectivity index is 1.79. The average Bonchev–Trinajstić information content (AvgIpc) is 3.45. The second-order valence-electron chi connectivity index (χ2n) is 6.37. The van der Waals surface area contributed by atoms with Gasteiger partial charge >= 0.3 is 0 Å². The SMILES string of the molecule is COc1ccc(C(C)=O)cc1CC(=O)N(Cc1ccncc1)C1CC1. The molecule has 3 rings (SSSR count). The molecule has 0 bridgehead atoms. The summed E-state index contributed by atoms with van der Waals surface area (Å²) in [5, 5.41) is 0. The number of Topliss-reactive ketones (excluding diaryl/α,β-unsaturated/α-hetero) is 1. The first-order valence-corrected chi connectivity index (χ1v) is 8.44. The van der Waals surface area contributed by atoms with Crippen LogP contribution in [0.1, 0.15) is 41.3 Å². The molecule has 0 aliphatic heterocycles. The summed E-state index contributed by atoms with van der Waals surface area (Å²) in [5.41, 5.74) is 2.41. The summed E-state index contributed by atoms with van der Waals surface area (Å²) < 4.78 is 5.36. The lowest BCUT2D eigenvalue weighted by molar-refractivity contribution is -0.131. The van der Waals surface area contributed by atoms with Gasteiger partial charge in [0.15, 0.2) is 5.78 Å². The lowest BCUT2D eigenvalue weighted by Gasteiger charge is -2.23. The number of ether oxygens (including phenoxy) is 1. The van der Waals surface area contributed by atoms with Crippen molar-refractivity contribution in [3.63, 3.8) is 0 Å². The van der Waals surface area contributed by atoms with Crippen molar-refractivity contribution in [3.8, 4) is 5.75 Å². The number of rotatable bonds is 7. The summed E-state index contributed by atoms with van der Waals surface area (Å²) >= 11 is 0. The van der Waals surface area contributed by atoms with Crippen molar-refractivity contribution in [1.29, 1.82) is 0 Å². The van der Waals surface area contributed by atoms with Gasteiger partial charge in [0.05, 0.1) is 13.5 Å². The van der Waals surface area contributed by atoms with E-state index in [-0.39, 0.29) is 18.1 Å². The molecular formula is C20H22N2O3. The van der Waals surface area contributed by atoms with E-state index in [1.807, 2.05) is 17.0 Å². The third-order valence-electron chi connectivity index (χ3n) is 4.44. The van der Waals surface area contributed by atoms with Gasteiger partial charge < -0.3 is 9.64 Å². The molecule has 1 heterocycles. The largest absolute Gasteiger partial charge is 0.496 e. The number of hydrogen-bond acceptors (Lipinski definition) is 4. The van der Waals surface area contributed by atoms with E-state index in [0.717, 1.165) is 24.0 Å². The highest BCUT2D eigenvalue weighted by Crippen LogP contribution is 2.30. The maximum absolute atomic E-state index is 12.9. The molecule has 1 aromatic heterocycles. The lowest BCUT2D eigenvalue weighted by atomic mass is 10.0. The van der Waals surface area contributed by atoms with Crippen molar-refractivity contribution in [2.24, 2.45) is 0 Å². The number of ketones is 1. The smallest absolute Gasteiger partial charge is 0.227 e. The third-order valence-corrected chi connectivity index (χ3v) is 4.44. The zero-order chi connectivity index (χ0) is 17.8. The Kier molecular flexibility index (Phi) is 5.12. The summed E-state index contributed by atoms with van der Waals surface area (Å²) in [6.45, 7) is 2.11. The van der Waals surface area contributed by atoms with Crippen LogP contribution in [-0.4, -0.2) is 34.7 Å². The van der Waals surface area contributed by atoms with Crippen LogP contribution < -0.4 is 4.74 Å². The fourth-order valence-corrected chi connectivity index (χ4v) is 2.89. The molecule has 1 amide bonds. The van der Waals surface area contributed by atoms with Gasteiger partial charge in [-0.2, -0.15) is 0 Å². The summed E-state index contributed by atoms with van der Waals surface area (Å²) in [5.74, 6) is 0.670. The molecule has 0 atom stereocenters. The first-order chi connectivity index (χ1) is 12.1. The first kappa shape index (κ1) is 17.1. The van der Waals surface area contributed by atoms with Crippen LogP contribution in [0.25, 0.3) is 0 Å². The highest BCUT2D eigenvalue weighted by Gasteiger charge is 2.32. The molecule has 1 aliphatic carbocycles. The summed E-state index contributed by atoms with van der Waals surface area (Å²) in [4.78, 5) is 30.5. The van der Waals surface area contributed by atoms with Crippen molar-refractivity contribution < 1.29 is 14.3 Å². The second kappa shape index (κ2) is 7.47. The molecule has 1 fully saturated rings. The number of benzene rings is 1. The maximum atomic E-state index is 12.9. The molecule has 1 aromatic carbocycles. The van der Waals surface area contributed by atoms with Gasteiger partial charge in [0.1, 0.15) is 5.75 Å². The quantitative estimate of drug-likeness (QED) is 0.728. The number of aromatic nitrogens is 1. The Morgan fingerprint density at radius 2 is 1.92 bits per heavy atom. The molecule has 25 heavy (non-hydrogen) atoms. The number of pyridine rings is 1. The van der Waals surface area contributed by atoms with E-state index in [1.54, 1.807) is 37.7 Å². The van der Waals surface area contributed by atoms with Gasteiger partial charge in [-0.25, -0.2) is 0 Å². The Labute approximate surface area is 147 Å². The van der Waals surface area contributed by atoms with Crippen molar-refractivity contribution >= 4 is 11.7 Å². The Bertz CT molecular complexity index is 770. The Morgan fingerprint density at radius 1 is 1.20 bits per heavy atom. The number of carbonyl (C=O) groups is 2.